The molecule has 2 aromatic carbocycles. The van der Waals surface area contributed by atoms with Gasteiger partial charge in [-0.15, -0.1) is 11.3 Å². The van der Waals surface area contributed by atoms with Crippen molar-refractivity contribution in [2.75, 3.05) is 43.1 Å². The van der Waals surface area contributed by atoms with E-state index in [-0.39, 0.29) is 80.8 Å². The number of nitrogens with two attached hydrogens (primary N) is 2. The maximum atomic E-state index is 15.3. The van der Waals surface area contributed by atoms with Crippen molar-refractivity contribution in [1.29, 1.82) is 0 Å². The summed E-state index contributed by atoms with van der Waals surface area (Å²) in [6, 6.07) is 8.99. The number of anilines is 3. The van der Waals surface area contributed by atoms with Gasteiger partial charge in [0.15, 0.2) is 5.82 Å². The Labute approximate surface area is 379 Å². The average molecular weight is 911 g/mol. The van der Waals surface area contributed by atoms with Gasteiger partial charge >= 0.3 is 0 Å². The minimum absolute atomic E-state index is 0.000547. The zero-order chi connectivity index (χ0) is 47.0. The first-order chi connectivity index (χ1) is 30.9. The minimum atomic E-state index is -1.03. The second-order valence-electron chi connectivity index (χ2n) is 17.1. The number of ether oxygens (including phenoxy) is 1. The normalized spacial score (nSPS) is 15.4. The summed E-state index contributed by atoms with van der Waals surface area (Å²) in [5.74, 6) is -2.58. The number of halogens is 1. The summed E-state index contributed by atoms with van der Waals surface area (Å²) < 4.78 is 20.8. The topological polar surface area (TPSA) is 257 Å². The van der Waals surface area contributed by atoms with Crippen molar-refractivity contribution in [1.82, 2.24) is 35.8 Å². The van der Waals surface area contributed by atoms with E-state index in [9.17, 15) is 29.1 Å². The number of likely N-dealkylation sites (tertiary alicyclic amines) is 1. The molecule has 19 heteroatoms. The second kappa shape index (κ2) is 21.0. The highest BCUT2D eigenvalue weighted by atomic mass is 32.1. The van der Waals surface area contributed by atoms with E-state index in [1.807, 2.05) is 31.2 Å². The third-order valence-corrected chi connectivity index (χ3v) is 12.1. The number of carbonyl (C=O) groups is 5. The van der Waals surface area contributed by atoms with Crippen LogP contribution in [-0.2, 0) is 35.3 Å². The number of fused-ring (bicyclic) bond motifs is 1. The number of aryl methyl sites for hydroxylation is 1. The van der Waals surface area contributed by atoms with E-state index in [4.69, 9.17) is 16.2 Å². The van der Waals surface area contributed by atoms with Crippen LogP contribution in [0.15, 0.2) is 60.5 Å². The van der Waals surface area contributed by atoms with E-state index in [1.165, 1.54) is 23.5 Å². The van der Waals surface area contributed by atoms with Crippen molar-refractivity contribution < 1.29 is 38.2 Å². The van der Waals surface area contributed by atoms with Crippen molar-refractivity contribution in [3.63, 3.8) is 0 Å². The number of carbonyl (C=O) groups excluding carboxylic acids is 5. The van der Waals surface area contributed by atoms with Gasteiger partial charge in [-0.2, -0.15) is 0 Å². The SMILES string of the molecule is Cc1ncsc1-c1ccc(CNC(=O)[C@@H]2C[C@@H](O)CN2C(=O)[C@@H](NC(=O)COCCNC(=O)CCCC(=O)Nc2cc3cc(-c4cncc(N)c4C)c(F)c(N)c3cn2)C(C)(C)C)cc1. The summed E-state index contributed by atoms with van der Waals surface area (Å²) >= 11 is 1.55. The molecule has 5 amide bonds. The van der Waals surface area contributed by atoms with Gasteiger partial charge in [0.05, 0.1) is 46.4 Å². The van der Waals surface area contributed by atoms with E-state index in [2.05, 4.69) is 36.2 Å². The molecule has 4 heterocycles. The van der Waals surface area contributed by atoms with Crippen molar-refractivity contribution in [3.8, 4) is 21.6 Å². The highest BCUT2D eigenvalue weighted by Crippen LogP contribution is 2.36. The van der Waals surface area contributed by atoms with E-state index in [0.29, 0.717) is 27.6 Å². The number of amides is 5. The molecule has 9 N–H and O–H groups in total. The summed E-state index contributed by atoms with van der Waals surface area (Å²) in [7, 11) is 0. The molecule has 1 fully saturated rings. The number of rotatable bonds is 17. The smallest absolute Gasteiger partial charge is 0.246 e. The van der Waals surface area contributed by atoms with Gasteiger partial charge in [-0.25, -0.2) is 14.4 Å². The standard InChI is InChI=1S/C46H55FN10O7S/c1-25-32(19-50-21-34(25)48)31-15-29-16-36(52-20-33(29)41(49)40(31)47)55-38(60)8-6-7-37(59)51-13-14-64-23-39(61)56-43(46(3,4)5)45(63)57-22-30(58)17-35(57)44(62)53-18-27-9-11-28(12-10-27)42-26(2)54-24-65-42/h9-12,15-16,19-21,24,30,35,43,58H,6-8,13-14,17-18,22-23,48-49H2,1-5H3,(H,51,59)(H,53,62)(H,56,61)(H,52,55,60)/t30-,35+,43-/m1/s1. The Hall–Kier alpha value is -6.57. The molecule has 65 heavy (non-hydrogen) atoms. The van der Waals surface area contributed by atoms with Crippen molar-refractivity contribution in [2.45, 2.75) is 85.0 Å². The molecular weight excluding hydrogens is 856 g/mol. The monoisotopic (exact) mass is 910 g/mol. The molecule has 6 rings (SSSR count). The van der Waals surface area contributed by atoms with Crippen LogP contribution in [0.5, 0.6) is 0 Å². The summed E-state index contributed by atoms with van der Waals surface area (Å²) in [5, 5.41) is 22.5. The van der Waals surface area contributed by atoms with Crippen LogP contribution in [0.3, 0.4) is 0 Å². The lowest BCUT2D eigenvalue weighted by Gasteiger charge is -2.35. The third-order valence-electron chi connectivity index (χ3n) is 11.1. The number of aromatic nitrogens is 3. The predicted molar refractivity (Wildman–Crippen MR) is 246 cm³/mol. The molecule has 0 aliphatic carbocycles. The number of hydrogen-bond acceptors (Lipinski definition) is 13. The van der Waals surface area contributed by atoms with Gasteiger partial charge in [0.1, 0.15) is 24.5 Å². The van der Waals surface area contributed by atoms with Crippen LogP contribution in [0, 0.1) is 25.1 Å². The molecule has 0 radical (unpaired) electrons. The molecule has 1 aliphatic rings. The number of β-amino-alcohol motifs (C(OH)–C–C–N with tert-alkyl or cyclic N) is 1. The van der Waals surface area contributed by atoms with Crippen LogP contribution >= 0.6 is 11.3 Å². The van der Waals surface area contributed by atoms with Crippen molar-refractivity contribution >= 4 is 68.8 Å². The van der Waals surface area contributed by atoms with E-state index >= 15 is 4.39 Å². The van der Waals surface area contributed by atoms with Crippen LogP contribution in [0.4, 0.5) is 21.6 Å². The maximum Gasteiger partial charge on any atom is 0.246 e. The lowest BCUT2D eigenvalue weighted by molar-refractivity contribution is -0.144. The number of benzene rings is 2. The molecule has 1 aliphatic heterocycles. The predicted octanol–water partition coefficient (Wildman–Crippen LogP) is 4.39. The molecule has 344 valence electrons. The summed E-state index contributed by atoms with van der Waals surface area (Å²) in [5.41, 5.74) is 17.6. The number of hydrogen-bond donors (Lipinski definition) is 7. The van der Waals surface area contributed by atoms with Gasteiger partial charge in [0.2, 0.25) is 29.5 Å². The molecule has 0 unspecified atom stereocenters. The third kappa shape index (κ3) is 12.0. The molecule has 3 atom stereocenters. The number of aliphatic hydroxyl groups is 1. The van der Waals surface area contributed by atoms with Crippen LogP contribution in [0.2, 0.25) is 0 Å². The molecule has 0 saturated carbocycles. The fourth-order valence-corrected chi connectivity index (χ4v) is 8.30. The second-order valence-corrected chi connectivity index (χ2v) is 17.9. The highest BCUT2D eigenvalue weighted by Gasteiger charge is 2.44. The van der Waals surface area contributed by atoms with Crippen LogP contribution in [-0.4, -0.2) is 99.0 Å². The summed E-state index contributed by atoms with van der Waals surface area (Å²) in [6.45, 7) is 8.92. The molecule has 0 spiro atoms. The van der Waals surface area contributed by atoms with E-state index < -0.39 is 53.7 Å². The van der Waals surface area contributed by atoms with Crippen LogP contribution in [0.1, 0.15) is 63.3 Å². The Kier molecular flexibility index (Phi) is 15.4. The fourth-order valence-electron chi connectivity index (χ4n) is 7.49. The summed E-state index contributed by atoms with van der Waals surface area (Å²) in [6.07, 6.45) is 3.82. The average Bonchev–Trinajstić information content (AvgIpc) is 3.88. The number of pyridine rings is 2. The van der Waals surface area contributed by atoms with E-state index in [1.54, 1.807) is 56.7 Å². The van der Waals surface area contributed by atoms with Crippen LogP contribution in [0.25, 0.3) is 32.3 Å². The molecular formula is C46H55FN10O7S. The van der Waals surface area contributed by atoms with E-state index in [0.717, 1.165) is 21.7 Å². The lowest BCUT2D eigenvalue weighted by Crippen LogP contribution is -2.58. The number of aliphatic hydroxyl groups excluding tert-OH is 1. The van der Waals surface area contributed by atoms with Gasteiger partial charge in [-0.1, -0.05) is 45.0 Å². The van der Waals surface area contributed by atoms with Crippen LogP contribution < -0.4 is 32.7 Å². The Balaban J connectivity index is 0.907. The van der Waals surface area contributed by atoms with Gasteiger partial charge in [-0.3, -0.25) is 29.0 Å². The Morgan fingerprint density at radius 2 is 1.71 bits per heavy atom. The Morgan fingerprint density at radius 1 is 0.969 bits per heavy atom. The Morgan fingerprint density at radius 3 is 2.42 bits per heavy atom. The number of thiazole rings is 1. The Bertz CT molecular complexity index is 2560. The fraction of sp³-hybridized carbons (Fsp3) is 0.391. The molecule has 3 aromatic heterocycles. The van der Waals surface area contributed by atoms with Gasteiger partial charge < -0.3 is 47.5 Å². The quantitative estimate of drug-likeness (QED) is 0.0507. The van der Waals surface area contributed by atoms with Gasteiger partial charge in [0, 0.05) is 67.8 Å². The molecule has 0 bridgehead atoms. The number of nitrogens with zero attached hydrogens (tertiary/aromatic N) is 4. The zero-order valence-corrected chi connectivity index (χ0v) is 37.8. The lowest BCUT2D eigenvalue weighted by atomic mass is 9.85. The molecule has 5 aromatic rings. The minimum Gasteiger partial charge on any atom is -0.397 e. The molecule has 1 saturated heterocycles. The first kappa shape index (κ1) is 47.9. The van der Waals surface area contributed by atoms with Crippen molar-refractivity contribution in [2.24, 2.45) is 5.41 Å². The largest absolute Gasteiger partial charge is 0.397 e. The summed E-state index contributed by atoms with van der Waals surface area (Å²) in [4.78, 5) is 80.5. The molecule has 17 nitrogen and oxygen atoms in total. The van der Waals surface area contributed by atoms with Crippen molar-refractivity contribution in [3.05, 3.63) is 83.1 Å². The number of nitrogens with one attached hydrogen (secondary N) is 4. The first-order valence-electron chi connectivity index (χ1n) is 21.2. The van der Waals surface area contributed by atoms with Gasteiger partial charge in [0.25, 0.3) is 0 Å². The highest BCUT2D eigenvalue weighted by molar-refractivity contribution is 7.13. The first-order valence-corrected chi connectivity index (χ1v) is 22.1. The zero-order valence-electron chi connectivity index (χ0n) is 37.0. The maximum absolute atomic E-state index is 15.3. The number of nitrogen functional groups attached to an aromatic ring is 2. The van der Waals surface area contributed by atoms with Gasteiger partial charge in [-0.05, 0) is 59.9 Å².